The maximum atomic E-state index is 12.9. The number of hydrogen-bond donors (Lipinski definition) is 2. The van der Waals surface area contributed by atoms with E-state index in [1.54, 1.807) is 19.9 Å². The van der Waals surface area contributed by atoms with Crippen molar-refractivity contribution in [3.8, 4) is 17.2 Å². The first-order chi connectivity index (χ1) is 13.3. The van der Waals surface area contributed by atoms with Crippen LogP contribution in [0.1, 0.15) is 35.7 Å². The van der Waals surface area contributed by atoms with Crippen LogP contribution in [0.25, 0.3) is 0 Å². The number of benzene rings is 1. The average molecular weight is 411 g/mol. The highest BCUT2D eigenvalue weighted by Crippen LogP contribution is 2.54. The van der Waals surface area contributed by atoms with Crippen molar-refractivity contribution < 1.29 is 41.4 Å². The zero-order valence-electron chi connectivity index (χ0n) is 14.9. The van der Waals surface area contributed by atoms with E-state index in [2.05, 4.69) is 5.32 Å². The Hall–Kier alpha value is -1.92. The molecule has 1 aromatic carbocycles. The van der Waals surface area contributed by atoms with Crippen molar-refractivity contribution in [2.24, 2.45) is 0 Å². The summed E-state index contributed by atoms with van der Waals surface area (Å²) in [6.07, 6.45) is -2.41. The van der Waals surface area contributed by atoms with Crippen LogP contribution >= 0.6 is 0 Å². The van der Waals surface area contributed by atoms with Crippen LogP contribution in [0.5, 0.6) is 17.2 Å². The Morgan fingerprint density at radius 1 is 1.14 bits per heavy atom. The molecule has 4 heterocycles. The molecule has 0 radical (unpaired) electrons. The number of phenols is 1. The third-order valence-electron chi connectivity index (χ3n) is 5.84. The predicted octanol–water partition coefficient (Wildman–Crippen LogP) is 0.213. The Kier molecular flexibility index (Phi) is 3.25. The minimum absolute atomic E-state index is 0.0486. The van der Waals surface area contributed by atoms with Gasteiger partial charge >= 0.3 is 11.4 Å². The van der Waals surface area contributed by atoms with Crippen LogP contribution in [0, 0.1) is 0 Å². The van der Waals surface area contributed by atoms with Gasteiger partial charge in [-0.1, -0.05) is 0 Å². The summed E-state index contributed by atoms with van der Waals surface area (Å²) in [5.74, 6) is -1.66. The van der Waals surface area contributed by atoms with E-state index in [9.17, 15) is 14.1 Å². The van der Waals surface area contributed by atoms with E-state index in [0.29, 0.717) is 11.3 Å². The highest BCUT2D eigenvalue weighted by molar-refractivity contribution is 7.75. The molecule has 2 N–H and O–H groups in total. The number of carbonyl (C=O) groups is 1. The summed E-state index contributed by atoms with van der Waals surface area (Å²) in [7, 11) is 0. The van der Waals surface area contributed by atoms with Crippen LogP contribution in [0.2, 0.25) is 0 Å². The van der Waals surface area contributed by atoms with E-state index in [4.69, 9.17) is 27.3 Å². The van der Waals surface area contributed by atoms with Crippen molar-refractivity contribution >= 4 is 17.3 Å². The molecule has 1 aromatic rings. The van der Waals surface area contributed by atoms with E-state index in [0.717, 1.165) is 0 Å². The second-order valence-electron chi connectivity index (χ2n) is 7.84. The van der Waals surface area contributed by atoms with Gasteiger partial charge in [-0.3, -0.25) is 13.2 Å². The molecule has 10 nitrogen and oxygen atoms in total. The fourth-order valence-electron chi connectivity index (χ4n) is 4.89. The van der Waals surface area contributed by atoms with Gasteiger partial charge in [-0.2, -0.15) is 4.21 Å². The van der Waals surface area contributed by atoms with E-state index >= 15 is 0 Å². The molecule has 4 aliphatic heterocycles. The minimum Gasteiger partial charge on any atom is -0.504 e. The first-order valence-corrected chi connectivity index (χ1v) is 9.92. The summed E-state index contributed by atoms with van der Waals surface area (Å²) in [5, 5.41) is 13.5. The van der Waals surface area contributed by atoms with Crippen molar-refractivity contribution in [2.45, 2.75) is 56.0 Å². The number of carbonyl (C=O) groups excluding carboxylic acids is 1. The Balaban J connectivity index is 1.54. The summed E-state index contributed by atoms with van der Waals surface area (Å²) < 4.78 is 45.9. The molecule has 1 aliphatic carbocycles. The van der Waals surface area contributed by atoms with Gasteiger partial charge in [0.15, 0.2) is 17.3 Å². The monoisotopic (exact) mass is 411 g/mol. The lowest BCUT2D eigenvalue weighted by molar-refractivity contribution is -0.152. The molecule has 0 bridgehead atoms. The topological polar surface area (TPSA) is 122 Å². The lowest BCUT2D eigenvalue weighted by Gasteiger charge is -2.45. The molecule has 7 atom stereocenters. The normalized spacial score (nSPS) is 41.6. The zero-order valence-corrected chi connectivity index (χ0v) is 15.7. The number of amides is 1. The molecule has 2 unspecified atom stereocenters. The lowest BCUT2D eigenvalue weighted by atomic mass is 9.70. The smallest absolute Gasteiger partial charge is 0.305 e. The van der Waals surface area contributed by atoms with Crippen LogP contribution in [0.3, 0.4) is 0 Å². The largest absolute Gasteiger partial charge is 0.504 e. The molecular weight excluding hydrogens is 394 g/mol. The van der Waals surface area contributed by atoms with E-state index in [1.807, 2.05) is 0 Å². The SMILES string of the molecule is CC1(C)O[C@H]2[C@@H]3NC(=O)c4c(cc5c(c4O)OCO5)[C@H]3C3OS(=O)O[C@@H]3[C@H]2O1. The predicted molar refractivity (Wildman–Crippen MR) is 89.9 cm³/mol. The van der Waals surface area contributed by atoms with Crippen LogP contribution in [0.15, 0.2) is 6.07 Å². The Morgan fingerprint density at radius 3 is 2.71 bits per heavy atom. The molecule has 0 aromatic heterocycles. The molecule has 150 valence electrons. The van der Waals surface area contributed by atoms with Crippen LogP contribution in [-0.2, 0) is 29.2 Å². The molecule has 1 saturated carbocycles. The van der Waals surface area contributed by atoms with Gasteiger partial charge in [0.25, 0.3) is 5.91 Å². The van der Waals surface area contributed by atoms with Crippen LogP contribution in [0.4, 0.5) is 0 Å². The minimum atomic E-state index is -1.95. The summed E-state index contributed by atoms with van der Waals surface area (Å²) in [6, 6.07) is 1.14. The van der Waals surface area contributed by atoms with Gasteiger partial charge in [0, 0.05) is 5.92 Å². The first-order valence-electron chi connectivity index (χ1n) is 8.92. The zero-order chi connectivity index (χ0) is 19.4. The van der Waals surface area contributed by atoms with Gasteiger partial charge in [0.05, 0.1) is 11.6 Å². The standard InChI is InChI=1S/C17H17NO9S/c1-17(2)24-13-9-7(12-15(14(13)25-17)27-28(21)26-12)5-3-6-11(23-4-22-6)10(19)8(5)16(20)18-9/h3,7,9,12-15,19H,4H2,1-2H3,(H,18,20)/t7-,9-,12?,13+,14+,15+,28?/m1/s1. The number of nitrogens with one attached hydrogen (secondary N) is 1. The van der Waals surface area contributed by atoms with Gasteiger partial charge in [0.1, 0.15) is 24.4 Å². The van der Waals surface area contributed by atoms with Gasteiger partial charge in [-0.15, -0.1) is 0 Å². The highest BCUT2D eigenvalue weighted by Gasteiger charge is 2.64. The number of hydrogen-bond acceptors (Lipinski definition) is 9. The fraction of sp³-hybridized carbons (Fsp3) is 0.588. The molecular formula is C17H17NO9S. The number of ether oxygens (including phenoxy) is 4. The molecule has 28 heavy (non-hydrogen) atoms. The van der Waals surface area contributed by atoms with Crippen LogP contribution in [-0.4, -0.2) is 58.3 Å². The summed E-state index contributed by atoms with van der Waals surface area (Å²) in [6.45, 7) is 3.49. The van der Waals surface area contributed by atoms with Crippen molar-refractivity contribution in [3.05, 3.63) is 17.2 Å². The molecule has 11 heteroatoms. The van der Waals surface area contributed by atoms with Crippen LogP contribution < -0.4 is 14.8 Å². The molecule has 5 aliphatic rings. The lowest BCUT2D eigenvalue weighted by Crippen LogP contribution is -2.64. The summed E-state index contributed by atoms with van der Waals surface area (Å²) >= 11 is -1.95. The van der Waals surface area contributed by atoms with Crippen molar-refractivity contribution in [2.75, 3.05) is 6.79 Å². The van der Waals surface area contributed by atoms with Gasteiger partial charge in [-0.25, -0.2) is 0 Å². The molecule has 6 rings (SSSR count). The second-order valence-corrected chi connectivity index (χ2v) is 8.63. The number of aromatic hydroxyl groups is 1. The van der Waals surface area contributed by atoms with Gasteiger partial charge in [0.2, 0.25) is 12.5 Å². The van der Waals surface area contributed by atoms with Crippen molar-refractivity contribution in [1.29, 1.82) is 0 Å². The quantitative estimate of drug-likeness (QED) is 0.617. The molecule has 1 amide bonds. The molecule has 0 spiro atoms. The number of rotatable bonds is 0. The van der Waals surface area contributed by atoms with Crippen molar-refractivity contribution in [3.63, 3.8) is 0 Å². The summed E-state index contributed by atoms with van der Waals surface area (Å²) in [4.78, 5) is 12.9. The highest BCUT2D eigenvalue weighted by atomic mass is 32.2. The average Bonchev–Trinajstić information content (AvgIpc) is 3.30. The van der Waals surface area contributed by atoms with E-state index in [1.165, 1.54) is 0 Å². The fourth-order valence-corrected chi connectivity index (χ4v) is 5.75. The van der Waals surface area contributed by atoms with E-state index < -0.39 is 59.4 Å². The van der Waals surface area contributed by atoms with Crippen molar-refractivity contribution in [1.82, 2.24) is 5.32 Å². The molecule has 2 saturated heterocycles. The first kappa shape index (κ1) is 17.0. The Morgan fingerprint density at radius 2 is 1.89 bits per heavy atom. The van der Waals surface area contributed by atoms with Gasteiger partial charge in [-0.05, 0) is 25.5 Å². The third-order valence-corrected chi connectivity index (χ3v) is 6.60. The maximum absolute atomic E-state index is 12.9. The Bertz CT molecular complexity index is 934. The number of fused-ring (bicyclic) bond motifs is 9. The summed E-state index contributed by atoms with van der Waals surface area (Å²) in [5.41, 5.74) is 0.599. The number of phenolic OH excluding ortho intramolecular Hbond substituents is 1. The third kappa shape index (κ3) is 2.10. The second kappa shape index (κ2) is 5.36. The van der Waals surface area contributed by atoms with E-state index in [-0.39, 0.29) is 23.9 Å². The molecule has 3 fully saturated rings. The maximum Gasteiger partial charge on any atom is 0.305 e. The van der Waals surface area contributed by atoms with Gasteiger partial charge < -0.3 is 29.4 Å². The Labute approximate surface area is 161 Å².